The van der Waals surface area contributed by atoms with Crippen molar-refractivity contribution in [1.82, 2.24) is 19.8 Å². The Bertz CT molecular complexity index is 987. The largest absolute Gasteiger partial charge is 0.310 e. The van der Waals surface area contributed by atoms with Crippen LogP contribution in [-0.2, 0) is 4.79 Å². The summed E-state index contributed by atoms with van der Waals surface area (Å²) < 4.78 is 14.5. The Morgan fingerprint density at radius 1 is 1.14 bits per heavy atom. The summed E-state index contributed by atoms with van der Waals surface area (Å²) in [4.78, 5) is 25.1. The number of amides is 1. The lowest BCUT2D eigenvalue weighted by Crippen LogP contribution is -2.47. The van der Waals surface area contributed by atoms with Gasteiger partial charge in [-0.25, -0.2) is 9.37 Å². The van der Waals surface area contributed by atoms with Crippen LogP contribution in [0.1, 0.15) is 0 Å². The topological polar surface area (TPSA) is 61.4 Å². The second-order valence-corrected chi connectivity index (χ2v) is 7.12. The number of anilines is 1. The van der Waals surface area contributed by atoms with E-state index < -0.39 is 0 Å². The molecule has 1 aliphatic rings. The third-order valence-corrected chi connectivity index (χ3v) is 5.01. The predicted octanol–water partition coefficient (Wildman–Crippen LogP) is 2.62. The normalized spacial score (nSPS) is 15.6. The van der Waals surface area contributed by atoms with Gasteiger partial charge in [-0.15, -0.1) is 0 Å². The van der Waals surface area contributed by atoms with Gasteiger partial charge in [-0.3, -0.25) is 14.7 Å². The number of carbonyl (C=O) groups is 1. The number of halogens is 1. The van der Waals surface area contributed by atoms with Gasteiger partial charge in [0, 0.05) is 61.3 Å². The minimum Gasteiger partial charge on any atom is -0.310 e. The van der Waals surface area contributed by atoms with Crippen LogP contribution in [0, 0.1) is 5.82 Å². The standard InChI is InChI=1S/C21H22FN5O/c1-26-5-7-27(8-6-26)14-21(28)25-20-11-16-9-18(15-3-2-4-23-12-15)19(22)10-17(16)13-24-20/h2-4,9-13H,5-8,14H2,1H3,(H,24,25,28). The van der Waals surface area contributed by atoms with E-state index >= 15 is 0 Å². The summed E-state index contributed by atoms with van der Waals surface area (Å²) >= 11 is 0. The van der Waals surface area contributed by atoms with Gasteiger partial charge in [-0.1, -0.05) is 6.07 Å². The molecule has 3 aromatic rings. The summed E-state index contributed by atoms with van der Waals surface area (Å²) in [5.74, 6) is 0.0514. The second-order valence-electron chi connectivity index (χ2n) is 7.12. The van der Waals surface area contributed by atoms with Gasteiger partial charge >= 0.3 is 0 Å². The van der Waals surface area contributed by atoms with Gasteiger partial charge in [0.15, 0.2) is 0 Å². The van der Waals surface area contributed by atoms with Crippen LogP contribution in [0.25, 0.3) is 21.9 Å². The Hall–Kier alpha value is -2.90. The molecule has 28 heavy (non-hydrogen) atoms. The zero-order valence-corrected chi connectivity index (χ0v) is 15.7. The molecule has 0 aliphatic carbocycles. The maximum Gasteiger partial charge on any atom is 0.239 e. The highest BCUT2D eigenvalue weighted by molar-refractivity contribution is 5.95. The first kappa shape index (κ1) is 18.5. The van der Waals surface area contributed by atoms with Crippen LogP contribution in [-0.4, -0.2) is 65.4 Å². The quantitative estimate of drug-likeness (QED) is 0.755. The molecule has 1 amide bonds. The molecule has 4 rings (SSSR count). The molecule has 6 nitrogen and oxygen atoms in total. The molecule has 0 atom stereocenters. The number of nitrogens with zero attached hydrogens (tertiary/aromatic N) is 4. The second kappa shape index (κ2) is 8.00. The van der Waals surface area contributed by atoms with E-state index in [2.05, 4.69) is 32.1 Å². The van der Waals surface area contributed by atoms with Crippen LogP contribution in [0.5, 0.6) is 0 Å². The Morgan fingerprint density at radius 2 is 1.96 bits per heavy atom. The van der Waals surface area contributed by atoms with Gasteiger partial charge in [0.2, 0.25) is 5.91 Å². The van der Waals surface area contributed by atoms with Crippen molar-refractivity contribution in [1.29, 1.82) is 0 Å². The smallest absolute Gasteiger partial charge is 0.239 e. The number of aromatic nitrogens is 2. The highest BCUT2D eigenvalue weighted by Gasteiger charge is 2.17. The van der Waals surface area contributed by atoms with Gasteiger partial charge in [-0.2, -0.15) is 0 Å². The van der Waals surface area contributed by atoms with E-state index in [4.69, 9.17) is 0 Å². The van der Waals surface area contributed by atoms with Gasteiger partial charge in [-0.05, 0) is 36.7 Å². The third-order valence-electron chi connectivity index (χ3n) is 5.01. The molecular formula is C21H22FN5O. The summed E-state index contributed by atoms with van der Waals surface area (Å²) in [6.07, 6.45) is 4.86. The predicted molar refractivity (Wildman–Crippen MR) is 107 cm³/mol. The molecule has 144 valence electrons. The van der Waals surface area contributed by atoms with Crippen LogP contribution >= 0.6 is 0 Å². The van der Waals surface area contributed by atoms with E-state index in [1.165, 1.54) is 6.07 Å². The molecule has 0 spiro atoms. The number of fused-ring (bicyclic) bond motifs is 1. The minimum atomic E-state index is -0.325. The van der Waals surface area contributed by atoms with Gasteiger partial charge in [0.25, 0.3) is 0 Å². The van der Waals surface area contributed by atoms with Crippen molar-refractivity contribution in [3.63, 3.8) is 0 Å². The van der Waals surface area contributed by atoms with Crippen LogP contribution < -0.4 is 5.32 Å². The lowest BCUT2D eigenvalue weighted by Gasteiger charge is -2.31. The van der Waals surface area contributed by atoms with Gasteiger partial charge in [0.05, 0.1) is 6.54 Å². The number of rotatable bonds is 4. The van der Waals surface area contributed by atoms with Crippen molar-refractivity contribution >= 4 is 22.5 Å². The lowest BCUT2D eigenvalue weighted by molar-refractivity contribution is -0.117. The molecule has 1 aliphatic heterocycles. The maximum absolute atomic E-state index is 14.5. The van der Waals surface area contributed by atoms with E-state index in [-0.39, 0.29) is 11.7 Å². The molecule has 1 aromatic carbocycles. The Kier molecular flexibility index (Phi) is 5.27. The number of hydrogen-bond donors (Lipinski definition) is 1. The van der Waals surface area contributed by atoms with Crippen LogP contribution in [0.4, 0.5) is 10.2 Å². The molecule has 0 unspecified atom stereocenters. The Morgan fingerprint density at radius 3 is 2.71 bits per heavy atom. The average Bonchev–Trinajstić information content (AvgIpc) is 2.70. The first-order valence-corrected chi connectivity index (χ1v) is 9.29. The number of nitrogens with one attached hydrogen (secondary N) is 1. The third kappa shape index (κ3) is 4.16. The van der Waals surface area contributed by atoms with Gasteiger partial charge < -0.3 is 10.2 Å². The van der Waals surface area contributed by atoms with E-state index in [9.17, 15) is 9.18 Å². The van der Waals surface area contributed by atoms with Crippen molar-refractivity contribution in [2.24, 2.45) is 0 Å². The molecule has 3 heterocycles. The van der Waals surface area contributed by atoms with E-state index in [1.807, 2.05) is 6.07 Å². The van der Waals surface area contributed by atoms with Crippen molar-refractivity contribution in [3.05, 3.63) is 54.7 Å². The zero-order chi connectivity index (χ0) is 19.5. The highest BCUT2D eigenvalue weighted by Crippen LogP contribution is 2.28. The molecule has 7 heteroatoms. The molecule has 1 N–H and O–H groups in total. The number of likely N-dealkylation sites (N-methyl/N-ethyl adjacent to an activating group) is 1. The molecule has 0 bridgehead atoms. The fourth-order valence-corrected chi connectivity index (χ4v) is 3.37. The van der Waals surface area contributed by atoms with Gasteiger partial charge in [0.1, 0.15) is 11.6 Å². The van der Waals surface area contributed by atoms with E-state index in [0.29, 0.717) is 28.9 Å². The zero-order valence-electron chi connectivity index (χ0n) is 15.7. The van der Waals surface area contributed by atoms with Crippen LogP contribution in [0.3, 0.4) is 0 Å². The van der Waals surface area contributed by atoms with Crippen LogP contribution in [0.15, 0.2) is 48.9 Å². The van der Waals surface area contributed by atoms with Crippen molar-refractivity contribution < 1.29 is 9.18 Å². The van der Waals surface area contributed by atoms with E-state index in [1.54, 1.807) is 36.8 Å². The van der Waals surface area contributed by atoms with E-state index in [0.717, 1.165) is 31.6 Å². The fraction of sp³-hybridized carbons (Fsp3) is 0.286. The fourth-order valence-electron chi connectivity index (χ4n) is 3.37. The molecule has 2 aromatic heterocycles. The number of pyridine rings is 2. The van der Waals surface area contributed by atoms with Crippen molar-refractivity contribution in [3.8, 4) is 11.1 Å². The molecule has 1 fully saturated rings. The number of carbonyl (C=O) groups excluding carboxylic acids is 1. The molecule has 0 saturated carbocycles. The minimum absolute atomic E-state index is 0.0917. The molecule has 0 radical (unpaired) electrons. The average molecular weight is 379 g/mol. The summed E-state index contributed by atoms with van der Waals surface area (Å²) in [6, 6.07) is 8.59. The number of hydrogen-bond acceptors (Lipinski definition) is 5. The lowest BCUT2D eigenvalue weighted by atomic mass is 10.0. The summed E-state index contributed by atoms with van der Waals surface area (Å²) in [5.41, 5.74) is 1.18. The monoisotopic (exact) mass is 379 g/mol. The van der Waals surface area contributed by atoms with Crippen molar-refractivity contribution in [2.75, 3.05) is 45.1 Å². The maximum atomic E-state index is 14.5. The summed E-state index contributed by atoms with van der Waals surface area (Å²) in [6.45, 7) is 4.03. The molecular weight excluding hydrogens is 357 g/mol. The SMILES string of the molecule is CN1CCN(CC(=O)Nc2cc3cc(-c4cccnc4)c(F)cc3cn2)CC1. The Labute approximate surface area is 163 Å². The Balaban J connectivity index is 1.52. The van der Waals surface area contributed by atoms with Crippen LogP contribution in [0.2, 0.25) is 0 Å². The first-order chi connectivity index (χ1) is 13.6. The van der Waals surface area contributed by atoms with Crippen molar-refractivity contribution in [2.45, 2.75) is 0 Å². The molecule has 1 saturated heterocycles. The number of piperazine rings is 1. The highest BCUT2D eigenvalue weighted by atomic mass is 19.1. The summed E-state index contributed by atoms with van der Waals surface area (Å²) in [7, 11) is 2.08. The number of benzene rings is 1. The summed E-state index contributed by atoms with van der Waals surface area (Å²) in [5, 5.41) is 4.35. The first-order valence-electron chi connectivity index (χ1n) is 9.29.